The second-order valence-corrected chi connectivity index (χ2v) is 6.39. The molecule has 7 heteroatoms. The van der Waals surface area contributed by atoms with Crippen LogP contribution < -0.4 is 5.32 Å². The molecule has 1 N–H and O–H groups in total. The number of amides is 1. The van der Waals surface area contributed by atoms with E-state index in [1.165, 1.54) is 0 Å². The maximum absolute atomic E-state index is 12.3. The van der Waals surface area contributed by atoms with Gasteiger partial charge in [0, 0.05) is 16.6 Å². The number of hydrogen-bond donors (Lipinski definition) is 1. The quantitative estimate of drug-likeness (QED) is 0.605. The zero-order valence-corrected chi connectivity index (χ0v) is 16.2. The molecule has 0 saturated heterocycles. The first kappa shape index (κ1) is 20.1. The summed E-state index contributed by atoms with van der Waals surface area (Å²) in [7, 11) is 0. The maximum atomic E-state index is 12.3. The summed E-state index contributed by atoms with van der Waals surface area (Å²) in [6.45, 7) is 3.56. The van der Waals surface area contributed by atoms with Gasteiger partial charge in [0.15, 0.2) is 6.61 Å². The molecule has 150 valence electrons. The van der Waals surface area contributed by atoms with Crippen LogP contribution in [-0.4, -0.2) is 31.1 Å². The molecule has 7 nitrogen and oxygen atoms in total. The SMILES string of the molecule is CCCOC(=O)c1ccc(NC(=O)COC(=O)c2oc3ccccc3c2C)cc1. The number of hydrogen-bond acceptors (Lipinski definition) is 6. The van der Waals surface area contributed by atoms with Crippen molar-refractivity contribution in [3.63, 3.8) is 0 Å². The Labute approximate surface area is 167 Å². The summed E-state index contributed by atoms with van der Waals surface area (Å²) in [4.78, 5) is 36.1. The van der Waals surface area contributed by atoms with Crippen molar-refractivity contribution in [3.05, 3.63) is 65.4 Å². The van der Waals surface area contributed by atoms with Gasteiger partial charge >= 0.3 is 11.9 Å². The summed E-state index contributed by atoms with van der Waals surface area (Å²) in [5, 5.41) is 3.42. The van der Waals surface area contributed by atoms with Crippen molar-refractivity contribution in [2.24, 2.45) is 0 Å². The molecule has 3 aromatic rings. The monoisotopic (exact) mass is 395 g/mol. The molecule has 29 heavy (non-hydrogen) atoms. The molecule has 0 aliphatic carbocycles. The average molecular weight is 395 g/mol. The Balaban J connectivity index is 1.54. The Morgan fingerprint density at radius 2 is 1.69 bits per heavy atom. The van der Waals surface area contributed by atoms with E-state index in [1.807, 2.05) is 25.1 Å². The predicted octanol–water partition coefficient (Wildman–Crippen LogP) is 4.10. The second kappa shape index (κ2) is 9.05. The molecule has 0 radical (unpaired) electrons. The van der Waals surface area contributed by atoms with Crippen LogP contribution in [0.25, 0.3) is 11.0 Å². The fourth-order valence-corrected chi connectivity index (χ4v) is 2.73. The third kappa shape index (κ3) is 4.82. The first-order valence-corrected chi connectivity index (χ1v) is 9.22. The lowest BCUT2D eigenvalue weighted by Crippen LogP contribution is -2.21. The van der Waals surface area contributed by atoms with Gasteiger partial charge in [0.25, 0.3) is 5.91 Å². The smallest absolute Gasteiger partial charge is 0.375 e. The third-order valence-corrected chi connectivity index (χ3v) is 4.21. The number of ether oxygens (including phenoxy) is 2. The summed E-state index contributed by atoms with van der Waals surface area (Å²) in [6.07, 6.45) is 0.742. The summed E-state index contributed by atoms with van der Waals surface area (Å²) in [6, 6.07) is 13.5. The average Bonchev–Trinajstić information content (AvgIpc) is 3.07. The van der Waals surface area contributed by atoms with Gasteiger partial charge in [0.1, 0.15) is 5.58 Å². The van der Waals surface area contributed by atoms with E-state index in [4.69, 9.17) is 13.9 Å². The number of anilines is 1. The van der Waals surface area contributed by atoms with E-state index in [-0.39, 0.29) is 5.76 Å². The van der Waals surface area contributed by atoms with Crippen molar-refractivity contribution >= 4 is 34.5 Å². The van der Waals surface area contributed by atoms with Crippen LogP contribution in [0.1, 0.15) is 39.8 Å². The number of para-hydroxylation sites is 1. The number of fused-ring (bicyclic) bond motifs is 1. The summed E-state index contributed by atoms with van der Waals surface area (Å²) in [5.41, 5.74) is 2.11. The van der Waals surface area contributed by atoms with Gasteiger partial charge in [0.2, 0.25) is 5.76 Å². The number of carbonyl (C=O) groups excluding carboxylic acids is 3. The number of aryl methyl sites for hydroxylation is 1. The van der Waals surface area contributed by atoms with E-state index >= 15 is 0 Å². The number of furan rings is 1. The molecular weight excluding hydrogens is 374 g/mol. The van der Waals surface area contributed by atoms with Gasteiger partial charge in [-0.3, -0.25) is 4.79 Å². The topological polar surface area (TPSA) is 94.8 Å². The molecule has 0 aliphatic rings. The number of benzene rings is 2. The van der Waals surface area contributed by atoms with E-state index in [0.717, 1.165) is 11.8 Å². The molecule has 0 aliphatic heterocycles. The Morgan fingerprint density at radius 1 is 0.966 bits per heavy atom. The summed E-state index contributed by atoms with van der Waals surface area (Å²) < 4.78 is 15.6. The summed E-state index contributed by atoms with van der Waals surface area (Å²) in [5.74, 6) is -1.55. The Kier molecular flexibility index (Phi) is 6.29. The highest BCUT2D eigenvalue weighted by molar-refractivity contribution is 5.98. The van der Waals surface area contributed by atoms with Gasteiger partial charge in [-0.2, -0.15) is 0 Å². The lowest BCUT2D eigenvalue weighted by molar-refractivity contribution is -0.119. The Hall–Kier alpha value is -3.61. The molecule has 1 heterocycles. The summed E-state index contributed by atoms with van der Waals surface area (Å²) >= 11 is 0. The van der Waals surface area contributed by atoms with Gasteiger partial charge in [-0.15, -0.1) is 0 Å². The van der Waals surface area contributed by atoms with Crippen LogP contribution in [0.5, 0.6) is 0 Å². The van der Waals surface area contributed by atoms with Crippen LogP contribution in [-0.2, 0) is 14.3 Å². The van der Waals surface area contributed by atoms with Crippen LogP contribution in [0.4, 0.5) is 5.69 Å². The first-order valence-electron chi connectivity index (χ1n) is 9.22. The molecule has 0 fully saturated rings. The Morgan fingerprint density at radius 3 is 2.38 bits per heavy atom. The standard InChI is InChI=1S/C22H21NO6/c1-3-12-27-21(25)15-8-10-16(11-9-15)23-19(24)13-28-22(26)20-14(2)17-6-4-5-7-18(17)29-20/h4-11H,3,12-13H2,1-2H3,(H,23,24). The second-order valence-electron chi connectivity index (χ2n) is 6.39. The number of nitrogens with one attached hydrogen (secondary N) is 1. The molecule has 0 bridgehead atoms. The van der Waals surface area contributed by atoms with Crippen LogP contribution >= 0.6 is 0 Å². The van der Waals surface area contributed by atoms with E-state index in [0.29, 0.717) is 29.0 Å². The molecule has 1 aromatic heterocycles. The third-order valence-electron chi connectivity index (χ3n) is 4.21. The van der Waals surface area contributed by atoms with Crippen LogP contribution in [0, 0.1) is 6.92 Å². The maximum Gasteiger partial charge on any atom is 0.375 e. The normalized spacial score (nSPS) is 10.6. The minimum Gasteiger partial charge on any atom is -0.462 e. The molecule has 0 atom stereocenters. The van der Waals surface area contributed by atoms with Crippen LogP contribution in [0.15, 0.2) is 52.9 Å². The molecular formula is C22H21NO6. The highest BCUT2D eigenvalue weighted by atomic mass is 16.5. The van der Waals surface area contributed by atoms with Crippen LogP contribution in [0.3, 0.4) is 0 Å². The number of esters is 2. The van der Waals surface area contributed by atoms with E-state index in [9.17, 15) is 14.4 Å². The van der Waals surface area contributed by atoms with Crippen LogP contribution in [0.2, 0.25) is 0 Å². The lowest BCUT2D eigenvalue weighted by Gasteiger charge is -2.07. The molecule has 0 unspecified atom stereocenters. The minimum absolute atomic E-state index is 0.0777. The molecule has 1 amide bonds. The van der Waals surface area contributed by atoms with E-state index < -0.39 is 24.5 Å². The zero-order chi connectivity index (χ0) is 20.8. The first-order chi connectivity index (χ1) is 14.0. The molecule has 3 rings (SSSR count). The van der Waals surface area contributed by atoms with Gasteiger partial charge < -0.3 is 19.2 Å². The lowest BCUT2D eigenvalue weighted by atomic mass is 10.1. The van der Waals surface area contributed by atoms with Crippen molar-refractivity contribution in [1.29, 1.82) is 0 Å². The van der Waals surface area contributed by atoms with Crippen molar-refractivity contribution in [2.75, 3.05) is 18.5 Å². The zero-order valence-electron chi connectivity index (χ0n) is 16.2. The molecule has 2 aromatic carbocycles. The van der Waals surface area contributed by atoms with E-state index in [1.54, 1.807) is 37.3 Å². The van der Waals surface area contributed by atoms with Gasteiger partial charge in [-0.05, 0) is 43.7 Å². The molecule has 0 saturated carbocycles. The largest absolute Gasteiger partial charge is 0.462 e. The van der Waals surface area contributed by atoms with Gasteiger partial charge in [-0.1, -0.05) is 25.1 Å². The molecule has 0 spiro atoms. The minimum atomic E-state index is -0.706. The number of rotatable bonds is 7. The Bertz CT molecular complexity index is 1040. The fraction of sp³-hybridized carbons (Fsp3) is 0.227. The predicted molar refractivity (Wildman–Crippen MR) is 107 cm³/mol. The van der Waals surface area contributed by atoms with Crippen molar-refractivity contribution in [1.82, 2.24) is 0 Å². The fourth-order valence-electron chi connectivity index (χ4n) is 2.73. The highest BCUT2D eigenvalue weighted by Crippen LogP contribution is 2.25. The van der Waals surface area contributed by atoms with Gasteiger partial charge in [0.05, 0.1) is 12.2 Å². The number of carbonyl (C=O) groups is 3. The van der Waals surface area contributed by atoms with Crippen molar-refractivity contribution in [3.8, 4) is 0 Å². The van der Waals surface area contributed by atoms with Crippen molar-refractivity contribution < 1.29 is 28.3 Å². The van der Waals surface area contributed by atoms with E-state index in [2.05, 4.69) is 5.32 Å². The van der Waals surface area contributed by atoms with Gasteiger partial charge in [-0.25, -0.2) is 9.59 Å². The van der Waals surface area contributed by atoms with Crippen molar-refractivity contribution in [2.45, 2.75) is 20.3 Å². The highest BCUT2D eigenvalue weighted by Gasteiger charge is 2.19.